The van der Waals surface area contributed by atoms with Crippen LogP contribution in [0.4, 0.5) is 0 Å². The van der Waals surface area contributed by atoms with Gasteiger partial charge in [0.2, 0.25) is 0 Å². The molecule has 7 nitrogen and oxygen atoms in total. The van der Waals surface area contributed by atoms with Crippen molar-refractivity contribution < 1.29 is 4.79 Å². The van der Waals surface area contributed by atoms with Crippen LogP contribution < -0.4 is 16.8 Å². The maximum Gasteiger partial charge on any atom is 0.254 e. The zero-order chi connectivity index (χ0) is 30.4. The van der Waals surface area contributed by atoms with Crippen molar-refractivity contribution in [2.24, 2.45) is 11.5 Å². The maximum atomic E-state index is 11.7. The van der Waals surface area contributed by atoms with E-state index in [9.17, 15) is 4.79 Å². The first kappa shape index (κ1) is 37.3. The Labute approximate surface area is 237 Å². The Hall–Kier alpha value is -3.87. The molecular weight excluding hydrogens is 484 g/mol. The van der Waals surface area contributed by atoms with Crippen LogP contribution in [0.1, 0.15) is 83.3 Å². The van der Waals surface area contributed by atoms with Gasteiger partial charge >= 0.3 is 0 Å². The van der Waals surface area contributed by atoms with Crippen LogP contribution in [-0.4, -0.2) is 42.8 Å². The van der Waals surface area contributed by atoms with Crippen molar-refractivity contribution in [3.8, 4) is 0 Å². The number of nitrogens with one attached hydrogen (secondary N) is 2. The lowest BCUT2D eigenvalue weighted by molar-refractivity contribution is 0.0827. The number of hydrogen-bond acceptors (Lipinski definition) is 5. The van der Waals surface area contributed by atoms with Crippen molar-refractivity contribution in [1.82, 2.24) is 15.2 Å². The highest BCUT2D eigenvalue weighted by atomic mass is 16.2. The predicted octanol–water partition coefficient (Wildman–Crippen LogP) is 6.74. The van der Waals surface area contributed by atoms with Crippen LogP contribution in [0.3, 0.4) is 0 Å². The summed E-state index contributed by atoms with van der Waals surface area (Å²) in [7, 11) is 5.30. The topological polar surface area (TPSA) is 121 Å². The van der Waals surface area contributed by atoms with Gasteiger partial charge in [-0.25, -0.2) is 0 Å². The quantitative estimate of drug-likeness (QED) is 0.134. The molecule has 0 aliphatic rings. The van der Waals surface area contributed by atoms with Crippen molar-refractivity contribution in [2.45, 2.75) is 67.2 Å². The summed E-state index contributed by atoms with van der Waals surface area (Å²) < 4.78 is 0. The number of amides is 1. The minimum Gasteiger partial charge on any atom is -0.398 e. The molecule has 0 saturated heterocycles. The Balaban J connectivity index is 0. The summed E-state index contributed by atoms with van der Waals surface area (Å²) in [4.78, 5) is 17.7. The van der Waals surface area contributed by atoms with Gasteiger partial charge in [0.25, 0.3) is 5.91 Å². The Bertz CT molecular complexity index is 1040. The molecule has 1 aromatic heterocycles. The molecule has 0 aliphatic heterocycles. The Morgan fingerprint density at radius 3 is 2.21 bits per heavy atom. The van der Waals surface area contributed by atoms with Gasteiger partial charge in [-0.2, -0.15) is 0 Å². The van der Waals surface area contributed by atoms with E-state index in [0.717, 1.165) is 42.5 Å². The Kier molecular flexibility index (Phi) is 21.2. The second-order valence-electron chi connectivity index (χ2n) is 8.67. The summed E-state index contributed by atoms with van der Waals surface area (Å²) in [6.07, 6.45) is 16.7. The molecular formula is C32H52N6O. The summed E-state index contributed by atoms with van der Waals surface area (Å²) in [6, 6.07) is 3.79. The van der Waals surface area contributed by atoms with E-state index < -0.39 is 0 Å². The molecule has 0 spiro atoms. The van der Waals surface area contributed by atoms with Gasteiger partial charge in [-0.3, -0.25) is 15.2 Å². The zero-order valence-electron chi connectivity index (χ0n) is 25.7. The first-order valence-corrected chi connectivity index (χ1v) is 13.6. The van der Waals surface area contributed by atoms with Gasteiger partial charge in [0.05, 0.1) is 11.3 Å². The number of nitrogens with zero attached hydrogens (tertiary/aromatic N) is 2. The molecule has 216 valence electrons. The molecule has 0 radical (unpaired) electrons. The van der Waals surface area contributed by atoms with Crippen molar-refractivity contribution >= 4 is 17.3 Å². The van der Waals surface area contributed by atoms with Crippen LogP contribution in [0.2, 0.25) is 0 Å². The van der Waals surface area contributed by atoms with Crippen molar-refractivity contribution in [3.05, 3.63) is 95.2 Å². The van der Waals surface area contributed by atoms with Crippen LogP contribution in [0.5, 0.6) is 0 Å². The summed E-state index contributed by atoms with van der Waals surface area (Å²) in [5.74, 6) is -0.0450. The van der Waals surface area contributed by atoms with E-state index in [2.05, 4.69) is 43.7 Å². The standard InChI is InChI=1S/C15H24N4.C15H22N2O.C2H6/c1-5-11(2)10-12(3)13(8-9-19-4)14(16)6-7-15(17)18;1-5-7-12(8-6-2)14-10-9-13(11-16-14)15(18)17(3)4;1-2/h6-10,19H,3,5,16H2,1-2,4H3,(H3,17,18);7,9-11H,5-6,8H2,1-4H3;1-2H3/b7-6-,9-8-,11-10+,14-13+;12-7+;. The van der Waals surface area contributed by atoms with Gasteiger partial charge in [0, 0.05) is 38.6 Å². The third-order valence-electron chi connectivity index (χ3n) is 5.21. The van der Waals surface area contributed by atoms with Gasteiger partial charge in [-0.15, -0.1) is 0 Å². The summed E-state index contributed by atoms with van der Waals surface area (Å²) in [5.41, 5.74) is 17.5. The molecule has 7 heteroatoms. The first-order chi connectivity index (χ1) is 18.5. The van der Waals surface area contributed by atoms with E-state index in [1.165, 1.54) is 17.2 Å². The number of allylic oxidation sites excluding steroid dienone is 8. The molecule has 0 saturated carbocycles. The average molecular weight is 537 g/mol. The number of pyridine rings is 1. The average Bonchev–Trinajstić information content (AvgIpc) is 2.93. The molecule has 0 bridgehead atoms. The molecule has 1 aromatic rings. The third-order valence-corrected chi connectivity index (χ3v) is 5.21. The highest BCUT2D eigenvalue weighted by molar-refractivity contribution is 5.93. The monoisotopic (exact) mass is 536 g/mol. The van der Waals surface area contributed by atoms with Crippen molar-refractivity contribution in [2.75, 3.05) is 21.1 Å². The molecule has 1 heterocycles. The molecule has 0 unspecified atom stereocenters. The predicted molar refractivity (Wildman–Crippen MR) is 170 cm³/mol. The van der Waals surface area contributed by atoms with Crippen LogP contribution >= 0.6 is 0 Å². The largest absolute Gasteiger partial charge is 0.398 e. The Morgan fingerprint density at radius 1 is 1.13 bits per heavy atom. The van der Waals surface area contributed by atoms with Crippen molar-refractivity contribution in [3.63, 3.8) is 0 Å². The van der Waals surface area contributed by atoms with E-state index >= 15 is 0 Å². The van der Waals surface area contributed by atoms with E-state index in [-0.39, 0.29) is 11.7 Å². The molecule has 1 rings (SSSR count). The fourth-order valence-corrected chi connectivity index (χ4v) is 3.12. The number of rotatable bonds is 12. The number of carbonyl (C=O) groups is 1. The molecule has 1 amide bonds. The van der Waals surface area contributed by atoms with Gasteiger partial charge < -0.3 is 21.7 Å². The zero-order valence-corrected chi connectivity index (χ0v) is 25.7. The highest BCUT2D eigenvalue weighted by Crippen LogP contribution is 2.19. The number of amidine groups is 1. The summed E-state index contributed by atoms with van der Waals surface area (Å²) in [5, 5.41) is 10.1. The maximum absolute atomic E-state index is 11.7. The summed E-state index contributed by atoms with van der Waals surface area (Å²) >= 11 is 0. The number of aromatic nitrogens is 1. The van der Waals surface area contributed by atoms with Crippen LogP contribution in [0.25, 0.3) is 5.57 Å². The fraction of sp³-hybridized carbons (Fsp3) is 0.406. The van der Waals surface area contributed by atoms with Crippen molar-refractivity contribution in [1.29, 1.82) is 5.41 Å². The second kappa shape index (κ2) is 22.1. The number of hydrogen-bond donors (Lipinski definition) is 4. The molecule has 39 heavy (non-hydrogen) atoms. The van der Waals surface area contributed by atoms with E-state index in [1.54, 1.807) is 37.5 Å². The van der Waals surface area contributed by atoms with Gasteiger partial charge in [0.1, 0.15) is 5.84 Å². The normalized spacial score (nSPS) is 12.1. The molecule has 0 atom stereocenters. The van der Waals surface area contributed by atoms with Gasteiger partial charge in [-0.05, 0) is 73.9 Å². The number of nitrogens with two attached hydrogens (primary N) is 2. The van der Waals surface area contributed by atoms with E-state index in [0.29, 0.717) is 11.3 Å². The molecule has 0 aromatic carbocycles. The van der Waals surface area contributed by atoms with Crippen LogP contribution in [0, 0.1) is 5.41 Å². The molecule has 0 aliphatic carbocycles. The van der Waals surface area contributed by atoms with Gasteiger partial charge in [-0.1, -0.05) is 65.3 Å². The van der Waals surface area contributed by atoms with E-state index in [4.69, 9.17) is 16.9 Å². The lowest BCUT2D eigenvalue weighted by Crippen LogP contribution is -2.21. The Morgan fingerprint density at radius 2 is 1.77 bits per heavy atom. The lowest BCUT2D eigenvalue weighted by atomic mass is 10.0. The SMILES string of the molecule is C=C(/C=C(\C)CC)C(/C=C\NC)=C(N)\C=C/C(=N)N.CC.CC/C=C(\CCC)c1ccc(C(=O)N(C)C)cn1. The van der Waals surface area contributed by atoms with Gasteiger partial charge in [0.15, 0.2) is 0 Å². The molecule has 6 N–H and O–H groups in total. The van der Waals surface area contributed by atoms with Crippen LogP contribution in [0.15, 0.2) is 83.9 Å². The molecule has 0 fully saturated rings. The number of carbonyl (C=O) groups excluding carboxylic acids is 1. The third kappa shape index (κ3) is 15.9. The summed E-state index contributed by atoms with van der Waals surface area (Å²) in [6.45, 7) is 16.5. The highest BCUT2D eigenvalue weighted by Gasteiger charge is 2.09. The minimum absolute atomic E-state index is 0.00874. The first-order valence-electron chi connectivity index (χ1n) is 13.6. The minimum atomic E-state index is -0.0363. The smallest absolute Gasteiger partial charge is 0.254 e. The lowest BCUT2D eigenvalue weighted by Gasteiger charge is -2.11. The fourth-order valence-electron chi connectivity index (χ4n) is 3.12. The van der Waals surface area contributed by atoms with Crippen LogP contribution in [-0.2, 0) is 0 Å². The van der Waals surface area contributed by atoms with E-state index in [1.807, 2.05) is 52.1 Å². The second-order valence-corrected chi connectivity index (χ2v) is 8.67.